The number of nitrogens with one attached hydrogen (secondary N) is 1. The lowest BCUT2D eigenvalue weighted by Crippen LogP contribution is -2.47. The maximum Gasteiger partial charge on any atom is 0.171 e. The summed E-state index contributed by atoms with van der Waals surface area (Å²) in [6, 6.07) is 5.01. The van der Waals surface area contributed by atoms with Crippen molar-refractivity contribution in [2.75, 3.05) is 18.0 Å². The molecule has 1 atom stereocenters. The SMILES string of the molecule is CC(C)NCC1CCCCN1c1ncccc1OC(C)C. The second-order valence-electron chi connectivity index (χ2n) is 6.40. The molecule has 21 heavy (non-hydrogen) atoms. The summed E-state index contributed by atoms with van der Waals surface area (Å²) in [6.07, 6.45) is 5.79. The number of hydrogen-bond donors (Lipinski definition) is 1. The Morgan fingerprint density at radius 2 is 2.14 bits per heavy atom. The summed E-state index contributed by atoms with van der Waals surface area (Å²) >= 11 is 0. The molecule has 1 saturated heterocycles. The van der Waals surface area contributed by atoms with Crippen molar-refractivity contribution >= 4 is 5.82 Å². The minimum Gasteiger partial charge on any atom is -0.487 e. The smallest absolute Gasteiger partial charge is 0.171 e. The van der Waals surface area contributed by atoms with Crippen LogP contribution in [0.5, 0.6) is 5.75 Å². The zero-order valence-electron chi connectivity index (χ0n) is 13.8. The van der Waals surface area contributed by atoms with Gasteiger partial charge in [0.1, 0.15) is 0 Å². The Kier molecular flexibility index (Phi) is 5.85. The fourth-order valence-electron chi connectivity index (χ4n) is 2.81. The highest BCUT2D eigenvalue weighted by Crippen LogP contribution is 2.31. The van der Waals surface area contributed by atoms with Crippen molar-refractivity contribution in [3.8, 4) is 5.75 Å². The first-order chi connectivity index (χ1) is 10.1. The van der Waals surface area contributed by atoms with Gasteiger partial charge in [-0.15, -0.1) is 0 Å². The van der Waals surface area contributed by atoms with E-state index in [0.29, 0.717) is 12.1 Å². The Bertz CT molecular complexity index is 434. The van der Waals surface area contributed by atoms with Gasteiger partial charge in [0.2, 0.25) is 0 Å². The van der Waals surface area contributed by atoms with Crippen molar-refractivity contribution in [1.82, 2.24) is 10.3 Å². The number of rotatable bonds is 6. The van der Waals surface area contributed by atoms with E-state index in [9.17, 15) is 0 Å². The molecule has 1 aromatic heterocycles. The molecule has 1 aliphatic rings. The van der Waals surface area contributed by atoms with Gasteiger partial charge in [-0.3, -0.25) is 0 Å². The molecule has 1 aromatic rings. The highest BCUT2D eigenvalue weighted by Gasteiger charge is 2.26. The molecule has 2 rings (SSSR count). The van der Waals surface area contributed by atoms with Gasteiger partial charge in [0.15, 0.2) is 11.6 Å². The van der Waals surface area contributed by atoms with E-state index < -0.39 is 0 Å². The first kappa shape index (κ1) is 16.1. The molecular weight excluding hydrogens is 262 g/mol. The van der Waals surface area contributed by atoms with Crippen molar-refractivity contribution in [2.24, 2.45) is 0 Å². The zero-order valence-corrected chi connectivity index (χ0v) is 13.8. The number of pyridine rings is 1. The molecule has 0 spiro atoms. The van der Waals surface area contributed by atoms with Crippen molar-refractivity contribution in [3.63, 3.8) is 0 Å². The van der Waals surface area contributed by atoms with Crippen LogP contribution >= 0.6 is 0 Å². The molecule has 1 aliphatic heterocycles. The van der Waals surface area contributed by atoms with Crippen molar-refractivity contribution in [3.05, 3.63) is 18.3 Å². The van der Waals surface area contributed by atoms with E-state index in [4.69, 9.17) is 4.74 Å². The van der Waals surface area contributed by atoms with Gasteiger partial charge >= 0.3 is 0 Å². The Morgan fingerprint density at radius 1 is 1.33 bits per heavy atom. The number of ether oxygens (including phenoxy) is 1. The Balaban J connectivity index is 2.16. The standard InChI is InChI=1S/C17H29N3O/c1-13(2)19-12-15-8-5-6-11-20(15)17-16(21-14(3)4)9-7-10-18-17/h7,9-10,13-15,19H,5-6,8,11-12H2,1-4H3. The van der Waals surface area contributed by atoms with Gasteiger partial charge in [-0.1, -0.05) is 13.8 Å². The quantitative estimate of drug-likeness (QED) is 0.873. The minimum absolute atomic E-state index is 0.171. The molecule has 1 fully saturated rings. The molecule has 0 radical (unpaired) electrons. The lowest BCUT2D eigenvalue weighted by molar-refractivity contribution is 0.241. The Labute approximate surface area is 128 Å². The van der Waals surface area contributed by atoms with E-state index in [1.54, 1.807) is 0 Å². The molecule has 1 N–H and O–H groups in total. The predicted molar refractivity (Wildman–Crippen MR) is 88.1 cm³/mol. The number of hydrogen-bond acceptors (Lipinski definition) is 4. The van der Waals surface area contributed by atoms with E-state index in [1.807, 2.05) is 18.3 Å². The third-order valence-electron chi connectivity index (χ3n) is 3.77. The third kappa shape index (κ3) is 4.60. The van der Waals surface area contributed by atoms with Crippen molar-refractivity contribution in [2.45, 2.75) is 65.1 Å². The van der Waals surface area contributed by atoms with E-state index in [-0.39, 0.29) is 6.10 Å². The van der Waals surface area contributed by atoms with Crippen LogP contribution in [0.3, 0.4) is 0 Å². The molecule has 0 saturated carbocycles. The summed E-state index contributed by atoms with van der Waals surface area (Å²) in [4.78, 5) is 7.03. The summed E-state index contributed by atoms with van der Waals surface area (Å²) in [5.74, 6) is 1.91. The Hall–Kier alpha value is -1.29. The van der Waals surface area contributed by atoms with Gasteiger partial charge in [0, 0.05) is 31.4 Å². The molecule has 0 aliphatic carbocycles. The first-order valence-electron chi connectivity index (χ1n) is 8.19. The van der Waals surface area contributed by atoms with E-state index in [0.717, 1.165) is 24.7 Å². The third-order valence-corrected chi connectivity index (χ3v) is 3.77. The average molecular weight is 291 g/mol. The monoisotopic (exact) mass is 291 g/mol. The summed E-state index contributed by atoms with van der Waals surface area (Å²) in [7, 11) is 0. The van der Waals surface area contributed by atoms with Crippen LogP contribution in [0.15, 0.2) is 18.3 Å². The van der Waals surface area contributed by atoms with Crippen molar-refractivity contribution in [1.29, 1.82) is 0 Å². The number of anilines is 1. The van der Waals surface area contributed by atoms with Gasteiger partial charge in [-0.25, -0.2) is 4.98 Å². The highest BCUT2D eigenvalue weighted by atomic mass is 16.5. The summed E-state index contributed by atoms with van der Waals surface area (Å²) in [6.45, 7) is 10.6. The van der Waals surface area contributed by atoms with Crippen LogP contribution < -0.4 is 15.0 Å². The van der Waals surface area contributed by atoms with Crippen LogP contribution in [-0.4, -0.2) is 36.3 Å². The van der Waals surface area contributed by atoms with Crippen LogP contribution in [-0.2, 0) is 0 Å². The first-order valence-corrected chi connectivity index (χ1v) is 8.19. The van der Waals surface area contributed by atoms with Gasteiger partial charge in [-0.05, 0) is 45.2 Å². The van der Waals surface area contributed by atoms with Gasteiger partial charge in [0.25, 0.3) is 0 Å². The fraction of sp³-hybridized carbons (Fsp3) is 0.706. The van der Waals surface area contributed by atoms with E-state index >= 15 is 0 Å². The molecule has 118 valence electrons. The molecule has 4 heteroatoms. The lowest BCUT2D eigenvalue weighted by Gasteiger charge is -2.38. The molecule has 0 aromatic carbocycles. The van der Waals surface area contributed by atoms with Crippen LogP contribution in [0, 0.1) is 0 Å². The average Bonchev–Trinajstić information content (AvgIpc) is 2.45. The lowest BCUT2D eigenvalue weighted by atomic mass is 10.0. The topological polar surface area (TPSA) is 37.4 Å². The second kappa shape index (κ2) is 7.64. The van der Waals surface area contributed by atoms with Crippen LogP contribution in [0.25, 0.3) is 0 Å². The molecule has 0 amide bonds. The molecule has 0 bridgehead atoms. The molecular formula is C17H29N3O. The molecule has 2 heterocycles. The summed E-state index contributed by atoms with van der Waals surface area (Å²) < 4.78 is 5.95. The second-order valence-corrected chi connectivity index (χ2v) is 6.40. The highest BCUT2D eigenvalue weighted by molar-refractivity contribution is 5.53. The van der Waals surface area contributed by atoms with Gasteiger partial charge < -0.3 is 15.0 Å². The zero-order chi connectivity index (χ0) is 15.2. The normalized spacial score (nSPS) is 19.3. The minimum atomic E-state index is 0.171. The Morgan fingerprint density at radius 3 is 2.86 bits per heavy atom. The molecule has 1 unspecified atom stereocenters. The fourth-order valence-corrected chi connectivity index (χ4v) is 2.81. The number of aromatic nitrogens is 1. The van der Waals surface area contributed by atoms with Gasteiger partial charge in [-0.2, -0.15) is 0 Å². The summed E-state index contributed by atoms with van der Waals surface area (Å²) in [5.41, 5.74) is 0. The number of piperidine rings is 1. The molecule has 4 nitrogen and oxygen atoms in total. The van der Waals surface area contributed by atoms with Crippen LogP contribution in [0.2, 0.25) is 0 Å². The van der Waals surface area contributed by atoms with Crippen LogP contribution in [0.1, 0.15) is 47.0 Å². The van der Waals surface area contributed by atoms with Crippen molar-refractivity contribution < 1.29 is 4.74 Å². The predicted octanol–water partition coefficient (Wildman–Crippen LogP) is 3.23. The maximum atomic E-state index is 5.95. The van der Waals surface area contributed by atoms with E-state index in [2.05, 4.69) is 42.9 Å². The maximum absolute atomic E-state index is 5.95. The largest absolute Gasteiger partial charge is 0.487 e. The van der Waals surface area contributed by atoms with Gasteiger partial charge in [0.05, 0.1) is 6.10 Å². The number of nitrogens with zero attached hydrogens (tertiary/aromatic N) is 2. The summed E-state index contributed by atoms with van der Waals surface area (Å²) in [5, 5.41) is 3.56. The van der Waals surface area contributed by atoms with E-state index in [1.165, 1.54) is 19.3 Å². The van der Waals surface area contributed by atoms with Crippen LogP contribution in [0.4, 0.5) is 5.82 Å².